The number of benzene rings is 1. The molecule has 2 heterocycles. The lowest BCUT2D eigenvalue weighted by molar-refractivity contribution is -0.120. The third-order valence-electron chi connectivity index (χ3n) is 4.62. The zero-order chi connectivity index (χ0) is 20.4. The maximum absolute atomic E-state index is 12.4. The Morgan fingerprint density at radius 2 is 2.00 bits per heavy atom. The molecule has 146 valence electrons. The van der Waals surface area contributed by atoms with Gasteiger partial charge in [0.1, 0.15) is 11.3 Å². The highest BCUT2D eigenvalue weighted by Crippen LogP contribution is 2.23. The first-order chi connectivity index (χ1) is 13.3. The Balaban J connectivity index is 1.83. The van der Waals surface area contributed by atoms with Crippen LogP contribution in [0.3, 0.4) is 0 Å². The molecule has 1 amide bonds. The van der Waals surface area contributed by atoms with Crippen LogP contribution in [-0.4, -0.2) is 22.7 Å². The van der Waals surface area contributed by atoms with Crippen molar-refractivity contribution in [2.75, 3.05) is 7.11 Å². The van der Waals surface area contributed by atoms with Crippen molar-refractivity contribution in [1.82, 2.24) is 9.88 Å². The van der Waals surface area contributed by atoms with Crippen molar-refractivity contribution in [3.8, 4) is 11.5 Å². The number of fused-ring (bicyclic) bond motifs is 1. The molecule has 0 saturated heterocycles. The molecule has 2 aromatic heterocycles. The van der Waals surface area contributed by atoms with E-state index in [-0.39, 0.29) is 18.9 Å². The average molecular weight is 384 g/mol. The summed E-state index contributed by atoms with van der Waals surface area (Å²) in [4.78, 5) is 36.0. The second-order valence-electron chi connectivity index (χ2n) is 6.41. The highest BCUT2D eigenvalue weighted by Gasteiger charge is 2.14. The number of methoxy groups -OCH3 is 1. The Bertz CT molecular complexity index is 1180. The number of nitrogens with zero attached hydrogens (tertiary/aromatic N) is 1. The van der Waals surface area contributed by atoms with Gasteiger partial charge in [0.25, 0.3) is 0 Å². The number of rotatable bonds is 5. The van der Waals surface area contributed by atoms with Gasteiger partial charge in [0.2, 0.25) is 11.3 Å². The van der Waals surface area contributed by atoms with Crippen LogP contribution in [0.1, 0.15) is 17.0 Å². The van der Waals surface area contributed by atoms with E-state index in [1.807, 2.05) is 0 Å². The first kappa shape index (κ1) is 19.2. The lowest BCUT2D eigenvalue weighted by Crippen LogP contribution is -2.28. The zero-order valence-electron chi connectivity index (χ0n) is 15.7. The van der Waals surface area contributed by atoms with E-state index >= 15 is 0 Å². The molecular weight excluding hydrogens is 364 g/mol. The smallest absolute Gasteiger partial charge is 0.336 e. The van der Waals surface area contributed by atoms with Crippen LogP contribution in [0.5, 0.6) is 11.5 Å². The molecule has 2 N–H and O–H groups in total. The first-order valence-corrected chi connectivity index (χ1v) is 8.56. The van der Waals surface area contributed by atoms with Crippen molar-refractivity contribution in [2.45, 2.75) is 19.9 Å². The Morgan fingerprint density at radius 1 is 1.25 bits per heavy atom. The van der Waals surface area contributed by atoms with Gasteiger partial charge in [0.05, 0.1) is 25.8 Å². The number of hydrogen-bond acceptors (Lipinski definition) is 6. The minimum atomic E-state index is -0.567. The molecule has 0 atom stereocenters. The summed E-state index contributed by atoms with van der Waals surface area (Å²) < 4.78 is 11.9. The molecule has 0 radical (unpaired) electrons. The average Bonchev–Trinajstić information content (AvgIpc) is 2.65. The van der Waals surface area contributed by atoms with Gasteiger partial charge < -0.3 is 24.1 Å². The van der Waals surface area contributed by atoms with Crippen LogP contribution in [0.25, 0.3) is 11.0 Å². The van der Waals surface area contributed by atoms with E-state index in [4.69, 9.17) is 9.15 Å². The Hall–Kier alpha value is -3.55. The summed E-state index contributed by atoms with van der Waals surface area (Å²) in [6.45, 7) is 1.71. The molecule has 3 aromatic rings. The van der Waals surface area contributed by atoms with Crippen molar-refractivity contribution in [3.63, 3.8) is 0 Å². The number of aromatic hydroxyl groups is 1. The first-order valence-electron chi connectivity index (χ1n) is 8.56. The number of ether oxygens (including phenoxy) is 1. The molecule has 0 saturated carbocycles. The third-order valence-corrected chi connectivity index (χ3v) is 4.62. The zero-order valence-corrected chi connectivity index (χ0v) is 15.7. The van der Waals surface area contributed by atoms with Crippen molar-refractivity contribution >= 4 is 16.9 Å². The number of nitrogens with one attached hydrogen (secondary N) is 1. The van der Waals surface area contributed by atoms with Gasteiger partial charge in [0, 0.05) is 36.3 Å². The van der Waals surface area contributed by atoms with E-state index in [0.717, 1.165) is 0 Å². The number of carbonyl (C=O) groups is 1. The lowest BCUT2D eigenvalue weighted by Gasteiger charge is -2.14. The molecule has 8 nitrogen and oxygen atoms in total. The number of aryl methyl sites for hydroxylation is 1. The maximum atomic E-state index is 12.4. The molecule has 0 spiro atoms. The molecule has 0 aliphatic heterocycles. The van der Waals surface area contributed by atoms with E-state index in [2.05, 4.69) is 5.32 Å². The molecule has 0 unspecified atom stereocenters. The molecule has 0 aliphatic carbocycles. The normalized spacial score (nSPS) is 10.8. The van der Waals surface area contributed by atoms with Crippen LogP contribution < -0.4 is 21.1 Å². The predicted octanol–water partition coefficient (Wildman–Crippen LogP) is 1.37. The van der Waals surface area contributed by atoms with Gasteiger partial charge in [-0.1, -0.05) is 0 Å². The molecule has 28 heavy (non-hydrogen) atoms. The van der Waals surface area contributed by atoms with Crippen LogP contribution >= 0.6 is 0 Å². The minimum Gasteiger partial charge on any atom is -0.503 e. The van der Waals surface area contributed by atoms with Crippen molar-refractivity contribution < 1.29 is 19.1 Å². The number of hydrogen-bond donors (Lipinski definition) is 2. The van der Waals surface area contributed by atoms with E-state index < -0.39 is 16.8 Å². The van der Waals surface area contributed by atoms with Crippen LogP contribution in [-0.2, 0) is 24.8 Å². The van der Waals surface area contributed by atoms with Crippen molar-refractivity contribution in [3.05, 3.63) is 67.9 Å². The third kappa shape index (κ3) is 3.75. The Morgan fingerprint density at radius 3 is 2.71 bits per heavy atom. The van der Waals surface area contributed by atoms with Gasteiger partial charge in [-0.2, -0.15) is 0 Å². The summed E-state index contributed by atoms with van der Waals surface area (Å²) in [6.07, 6.45) is -0.0606. The lowest BCUT2D eigenvalue weighted by atomic mass is 10.1. The summed E-state index contributed by atoms with van der Waals surface area (Å²) in [6, 6.07) is 7.61. The molecule has 0 fully saturated rings. The molecular formula is C20H20N2O6. The number of carbonyl (C=O) groups excluding carboxylic acids is 1. The summed E-state index contributed by atoms with van der Waals surface area (Å²) in [5.41, 5.74) is 0.734. The molecule has 1 aromatic carbocycles. The van der Waals surface area contributed by atoms with Gasteiger partial charge in [-0.3, -0.25) is 9.59 Å². The SMILES string of the molecule is COc1ccc2c(CC(=O)NCc3c(O)c(=O)cc(C)n3C)cc(=O)oc2c1. The highest BCUT2D eigenvalue weighted by atomic mass is 16.5. The Kier molecular flexibility index (Phi) is 5.21. The van der Waals surface area contributed by atoms with Gasteiger partial charge in [0.15, 0.2) is 5.75 Å². The van der Waals surface area contributed by atoms with Crippen LogP contribution in [0, 0.1) is 6.92 Å². The Labute approximate surface area is 160 Å². The van der Waals surface area contributed by atoms with Crippen molar-refractivity contribution in [2.24, 2.45) is 7.05 Å². The van der Waals surface area contributed by atoms with Gasteiger partial charge in [-0.25, -0.2) is 4.79 Å². The van der Waals surface area contributed by atoms with E-state index in [0.29, 0.717) is 33.7 Å². The van der Waals surface area contributed by atoms with E-state index in [1.54, 1.807) is 36.7 Å². The molecule has 0 bridgehead atoms. The maximum Gasteiger partial charge on any atom is 0.336 e. The van der Waals surface area contributed by atoms with Gasteiger partial charge in [-0.15, -0.1) is 0 Å². The standard InChI is InChI=1S/C20H20N2O6/c1-11-6-16(23)20(26)15(22(11)2)10-21-18(24)7-12-8-19(25)28-17-9-13(27-3)4-5-14(12)17/h4-6,8-9,26H,7,10H2,1-3H3,(H,21,24). The highest BCUT2D eigenvalue weighted by molar-refractivity contribution is 5.87. The molecule has 0 aliphatic rings. The second-order valence-corrected chi connectivity index (χ2v) is 6.41. The quantitative estimate of drug-likeness (QED) is 0.643. The molecule has 8 heteroatoms. The number of aromatic nitrogens is 1. The van der Waals surface area contributed by atoms with E-state index in [9.17, 15) is 19.5 Å². The number of pyridine rings is 1. The van der Waals surface area contributed by atoms with Gasteiger partial charge in [-0.05, 0) is 24.6 Å². The second kappa shape index (κ2) is 7.59. The minimum absolute atomic E-state index is 0.0225. The van der Waals surface area contributed by atoms with Gasteiger partial charge >= 0.3 is 5.63 Å². The topological polar surface area (TPSA) is 111 Å². The monoisotopic (exact) mass is 384 g/mol. The fourth-order valence-electron chi connectivity index (χ4n) is 2.97. The van der Waals surface area contributed by atoms with Crippen LogP contribution in [0.15, 0.2) is 44.3 Å². The summed E-state index contributed by atoms with van der Waals surface area (Å²) in [5.74, 6) is -0.226. The largest absolute Gasteiger partial charge is 0.503 e. The van der Waals surface area contributed by atoms with Crippen LogP contribution in [0.2, 0.25) is 0 Å². The molecule has 3 rings (SSSR count). The predicted molar refractivity (Wildman–Crippen MR) is 103 cm³/mol. The summed E-state index contributed by atoms with van der Waals surface area (Å²) in [7, 11) is 3.20. The summed E-state index contributed by atoms with van der Waals surface area (Å²) in [5, 5.41) is 13.3. The van der Waals surface area contributed by atoms with Crippen molar-refractivity contribution in [1.29, 1.82) is 0 Å². The fraction of sp³-hybridized carbons (Fsp3) is 0.250. The fourth-order valence-corrected chi connectivity index (χ4v) is 2.97. The summed E-state index contributed by atoms with van der Waals surface area (Å²) >= 11 is 0. The van der Waals surface area contributed by atoms with Crippen LogP contribution in [0.4, 0.5) is 0 Å². The number of amides is 1. The van der Waals surface area contributed by atoms with E-state index in [1.165, 1.54) is 19.2 Å².